The summed E-state index contributed by atoms with van der Waals surface area (Å²) in [5, 5.41) is 12.4. The van der Waals surface area contributed by atoms with Crippen molar-refractivity contribution < 1.29 is 19.4 Å². The standard InChI is InChI=1S/C14H18N2O4.3C2H2/c15-14(19)9-3-5-10(6-4-9)16-13(18)8-12-11(17)2-1-7-20-12;3*1-2/h3-6,11-12,17H,1-2,7-8H2,(H2,15,19)(H,16,18);3*1-2H/t11-,12-;;;/m0.../s1. The number of ether oxygens (including phenoxy) is 1. The molecule has 1 fully saturated rings. The van der Waals surface area contributed by atoms with Crippen LogP contribution in [0.5, 0.6) is 0 Å². The first-order valence-electron chi connectivity index (χ1n) is 7.55. The van der Waals surface area contributed by atoms with Gasteiger partial charge in [0.2, 0.25) is 11.8 Å². The Kier molecular flexibility index (Phi) is 14.7. The second-order valence-corrected chi connectivity index (χ2v) is 4.81. The van der Waals surface area contributed by atoms with E-state index in [-0.39, 0.29) is 12.3 Å². The maximum absolute atomic E-state index is 11.9. The second kappa shape index (κ2) is 15.3. The molecule has 0 aromatic heterocycles. The van der Waals surface area contributed by atoms with Crippen molar-refractivity contribution in [3.63, 3.8) is 0 Å². The number of benzene rings is 1. The largest absolute Gasteiger partial charge is 0.390 e. The van der Waals surface area contributed by atoms with E-state index in [2.05, 4.69) is 43.9 Å². The van der Waals surface area contributed by atoms with Crippen molar-refractivity contribution in [1.29, 1.82) is 0 Å². The lowest BCUT2D eigenvalue weighted by molar-refractivity contribution is -0.125. The molecule has 4 N–H and O–H groups in total. The summed E-state index contributed by atoms with van der Waals surface area (Å²) in [6.07, 6.45) is 24.5. The number of terminal acetylenes is 3. The number of anilines is 1. The van der Waals surface area contributed by atoms with Gasteiger partial charge in [-0.25, -0.2) is 0 Å². The lowest BCUT2D eigenvalue weighted by Gasteiger charge is -2.27. The van der Waals surface area contributed by atoms with Crippen molar-refractivity contribution in [2.24, 2.45) is 5.73 Å². The van der Waals surface area contributed by atoms with Crippen LogP contribution in [0.1, 0.15) is 29.6 Å². The van der Waals surface area contributed by atoms with Gasteiger partial charge in [0.05, 0.1) is 18.6 Å². The molecular weight excluding hydrogens is 332 g/mol. The summed E-state index contributed by atoms with van der Waals surface area (Å²) in [5.41, 5.74) is 6.09. The fourth-order valence-electron chi connectivity index (χ4n) is 2.13. The minimum atomic E-state index is -0.591. The summed E-state index contributed by atoms with van der Waals surface area (Å²) in [7, 11) is 0. The van der Waals surface area contributed by atoms with Crippen LogP contribution in [0.4, 0.5) is 5.69 Å². The third-order valence-electron chi connectivity index (χ3n) is 3.25. The number of rotatable bonds is 4. The number of primary amides is 1. The van der Waals surface area contributed by atoms with Crippen LogP contribution < -0.4 is 11.1 Å². The second-order valence-electron chi connectivity index (χ2n) is 4.81. The number of aliphatic hydroxyl groups excluding tert-OH is 1. The van der Waals surface area contributed by atoms with E-state index in [9.17, 15) is 14.7 Å². The molecule has 0 unspecified atom stereocenters. The van der Waals surface area contributed by atoms with E-state index in [1.54, 1.807) is 24.3 Å². The molecule has 0 radical (unpaired) electrons. The average molecular weight is 356 g/mol. The minimum Gasteiger partial charge on any atom is -0.390 e. The van der Waals surface area contributed by atoms with Gasteiger partial charge in [-0.05, 0) is 37.1 Å². The van der Waals surface area contributed by atoms with Gasteiger partial charge in [0.1, 0.15) is 0 Å². The van der Waals surface area contributed by atoms with Crippen molar-refractivity contribution in [3.05, 3.63) is 29.8 Å². The normalized spacial score (nSPS) is 17.3. The maximum Gasteiger partial charge on any atom is 0.248 e. The highest BCUT2D eigenvalue weighted by molar-refractivity contribution is 5.94. The SMILES string of the molecule is C#C.C#C.C#C.NC(=O)c1ccc(NC(=O)C[C@@H]2OCCC[C@@H]2O)cc1. The third-order valence-corrected chi connectivity index (χ3v) is 3.25. The molecule has 2 atom stereocenters. The summed E-state index contributed by atoms with van der Waals surface area (Å²) in [6.45, 7) is 0.572. The molecule has 138 valence electrons. The molecule has 1 aromatic rings. The van der Waals surface area contributed by atoms with Crippen molar-refractivity contribution in [2.75, 3.05) is 11.9 Å². The molecular formula is C20H24N2O4. The number of hydrogen-bond donors (Lipinski definition) is 3. The first-order valence-corrected chi connectivity index (χ1v) is 7.55. The molecule has 6 nitrogen and oxygen atoms in total. The van der Waals surface area contributed by atoms with Crippen LogP contribution in [-0.2, 0) is 9.53 Å². The molecule has 2 amide bonds. The summed E-state index contributed by atoms with van der Waals surface area (Å²) in [6, 6.07) is 6.31. The van der Waals surface area contributed by atoms with Gasteiger partial charge in [0.15, 0.2) is 0 Å². The molecule has 0 aliphatic carbocycles. The lowest BCUT2D eigenvalue weighted by Crippen LogP contribution is -2.36. The van der Waals surface area contributed by atoms with E-state index in [4.69, 9.17) is 10.5 Å². The van der Waals surface area contributed by atoms with Crippen molar-refractivity contribution in [2.45, 2.75) is 31.5 Å². The van der Waals surface area contributed by atoms with Crippen LogP contribution in [0, 0.1) is 38.5 Å². The van der Waals surface area contributed by atoms with Gasteiger partial charge < -0.3 is 20.9 Å². The first-order chi connectivity index (χ1) is 12.6. The summed E-state index contributed by atoms with van der Waals surface area (Å²) in [4.78, 5) is 22.8. The Balaban J connectivity index is 0. The zero-order chi connectivity index (χ0) is 20.5. The van der Waals surface area contributed by atoms with Crippen LogP contribution in [0.2, 0.25) is 0 Å². The molecule has 1 saturated heterocycles. The highest BCUT2D eigenvalue weighted by atomic mass is 16.5. The Morgan fingerprint density at radius 2 is 1.65 bits per heavy atom. The summed E-state index contributed by atoms with van der Waals surface area (Å²) in [5.74, 6) is -0.746. The monoisotopic (exact) mass is 356 g/mol. The predicted octanol–water partition coefficient (Wildman–Crippen LogP) is 1.40. The highest BCUT2D eigenvalue weighted by Gasteiger charge is 2.26. The molecule has 1 aliphatic heterocycles. The third kappa shape index (κ3) is 9.15. The van der Waals surface area contributed by atoms with Crippen LogP contribution in [0.25, 0.3) is 0 Å². The Labute approximate surface area is 155 Å². The number of carbonyl (C=O) groups is 2. The minimum absolute atomic E-state index is 0.110. The number of hydrogen-bond acceptors (Lipinski definition) is 4. The quantitative estimate of drug-likeness (QED) is 0.710. The fourth-order valence-corrected chi connectivity index (χ4v) is 2.13. The number of amides is 2. The molecule has 1 aliphatic rings. The number of carbonyl (C=O) groups excluding carboxylic acids is 2. The molecule has 1 heterocycles. The topological polar surface area (TPSA) is 102 Å². The zero-order valence-electron chi connectivity index (χ0n) is 14.5. The Bertz CT molecular complexity index is 588. The molecule has 0 saturated carbocycles. The van der Waals surface area contributed by atoms with Crippen molar-refractivity contribution in [3.8, 4) is 38.5 Å². The van der Waals surface area contributed by atoms with E-state index in [1.165, 1.54) is 0 Å². The fraction of sp³-hybridized carbons (Fsp3) is 0.300. The van der Waals surface area contributed by atoms with Crippen LogP contribution in [-0.4, -0.2) is 35.7 Å². The van der Waals surface area contributed by atoms with Crippen molar-refractivity contribution >= 4 is 17.5 Å². The van der Waals surface area contributed by atoms with Crippen LogP contribution in [0.15, 0.2) is 24.3 Å². The molecule has 6 heteroatoms. The van der Waals surface area contributed by atoms with Crippen LogP contribution >= 0.6 is 0 Å². The number of aliphatic hydroxyl groups is 1. The number of nitrogens with two attached hydrogens (primary N) is 1. The van der Waals surface area contributed by atoms with Gasteiger partial charge in [-0.1, -0.05) is 0 Å². The highest BCUT2D eigenvalue weighted by Crippen LogP contribution is 2.17. The Morgan fingerprint density at radius 3 is 2.12 bits per heavy atom. The van der Waals surface area contributed by atoms with E-state index >= 15 is 0 Å². The van der Waals surface area contributed by atoms with Crippen LogP contribution in [0.3, 0.4) is 0 Å². The van der Waals surface area contributed by atoms with E-state index < -0.39 is 18.1 Å². The van der Waals surface area contributed by atoms with Gasteiger partial charge >= 0.3 is 0 Å². The predicted molar refractivity (Wildman–Crippen MR) is 103 cm³/mol. The zero-order valence-corrected chi connectivity index (χ0v) is 14.5. The lowest BCUT2D eigenvalue weighted by atomic mass is 10.0. The smallest absolute Gasteiger partial charge is 0.248 e. The molecule has 0 spiro atoms. The van der Waals surface area contributed by atoms with E-state index in [0.717, 1.165) is 6.42 Å². The molecule has 2 rings (SSSR count). The van der Waals surface area contributed by atoms with E-state index in [0.29, 0.717) is 24.3 Å². The summed E-state index contributed by atoms with van der Waals surface area (Å²) >= 11 is 0. The molecule has 0 bridgehead atoms. The van der Waals surface area contributed by atoms with Gasteiger partial charge in [0.25, 0.3) is 0 Å². The molecule has 26 heavy (non-hydrogen) atoms. The van der Waals surface area contributed by atoms with E-state index in [1.807, 2.05) is 0 Å². The maximum atomic E-state index is 11.9. The first kappa shape index (κ1) is 25.0. The summed E-state index contributed by atoms with van der Waals surface area (Å²) < 4.78 is 5.38. The average Bonchev–Trinajstić information content (AvgIpc) is 2.69. The van der Waals surface area contributed by atoms with Gasteiger partial charge in [-0.15, -0.1) is 38.5 Å². The van der Waals surface area contributed by atoms with Crippen molar-refractivity contribution in [1.82, 2.24) is 0 Å². The Hall–Kier alpha value is -3.24. The molecule has 1 aromatic carbocycles. The van der Waals surface area contributed by atoms with Gasteiger partial charge in [-0.2, -0.15) is 0 Å². The van der Waals surface area contributed by atoms with Gasteiger partial charge in [-0.3, -0.25) is 9.59 Å². The number of nitrogens with one attached hydrogen (secondary N) is 1. The van der Waals surface area contributed by atoms with Gasteiger partial charge in [0, 0.05) is 17.9 Å². The Morgan fingerprint density at radius 1 is 1.12 bits per heavy atom.